The number of carboxylic acids is 1. The second kappa shape index (κ2) is 18.5. The summed E-state index contributed by atoms with van der Waals surface area (Å²) in [5.74, 6) is -0.341. The number of phenolic OH excluding ortho intramolecular Hbond substituents is 1. The molecule has 0 saturated carbocycles. The van der Waals surface area contributed by atoms with Gasteiger partial charge in [0.15, 0.2) is 0 Å². The molecule has 2 aromatic rings. The molecule has 0 aromatic heterocycles. The fourth-order valence-electron chi connectivity index (χ4n) is 3.52. The molecule has 0 bridgehead atoms. The molecular weight excluding hydrogens is 384 g/mol. The van der Waals surface area contributed by atoms with Crippen LogP contribution in [0.3, 0.4) is 0 Å². The van der Waals surface area contributed by atoms with Gasteiger partial charge in [-0.15, -0.1) is 0 Å². The number of carbonyl (C=O) groups is 1. The van der Waals surface area contributed by atoms with Crippen LogP contribution in [0.25, 0.3) is 10.8 Å². The zero-order chi connectivity index (χ0) is 22.6. The van der Waals surface area contributed by atoms with Gasteiger partial charge in [0.05, 0.1) is 0 Å². The lowest BCUT2D eigenvalue weighted by molar-refractivity contribution is -0.137. The highest BCUT2D eigenvalue weighted by molar-refractivity contribution is 5.83. The highest BCUT2D eigenvalue weighted by atomic mass is 16.4. The zero-order valence-corrected chi connectivity index (χ0v) is 19.4. The quantitative estimate of drug-likeness (QED) is 0.221. The number of phenols is 1. The highest BCUT2D eigenvalue weighted by Crippen LogP contribution is 2.18. The van der Waals surface area contributed by atoms with Gasteiger partial charge < -0.3 is 10.2 Å². The minimum absolute atomic E-state index is 0.323. The number of hydrogen-bond acceptors (Lipinski definition) is 2. The Kier molecular flexibility index (Phi) is 15.9. The summed E-state index contributed by atoms with van der Waals surface area (Å²) in [5, 5.41) is 19.9. The van der Waals surface area contributed by atoms with Crippen LogP contribution in [-0.2, 0) is 4.79 Å². The van der Waals surface area contributed by atoms with Crippen LogP contribution in [0.4, 0.5) is 0 Å². The van der Waals surface area contributed by atoms with Crippen LogP contribution < -0.4 is 0 Å². The van der Waals surface area contributed by atoms with Crippen molar-refractivity contribution >= 4 is 16.7 Å². The maximum Gasteiger partial charge on any atom is 0.303 e. The second-order valence-electron chi connectivity index (χ2n) is 8.26. The van der Waals surface area contributed by atoms with Crippen LogP contribution in [0.2, 0.25) is 0 Å². The van der Waals surface area contributed by atoms with E-state index in [0.29, 0.717) is 12.2 Å². The summed E-state index contributed by atoms with van der Waals surface area (Å²) in [6.45, 7) is 2.26. The van der Waals surface area contributed by atoms with Crippen LogP contribution in [0.15, 0.2) is 54.6 Å². The lowest BCUT2D eigenvalue weighted by Gasteiger charge is -1.99. The topological polar surface area (TPSA) is 57.5 Å². The van der Waals surface area contributed by atoms with Gasteiger partial charge in [0.1, 0.15) is 5.75 Å². The first-order valence-electron chi connectivity index (χ1n) is 12.2. The average Bonchev–Trinajstić information content (AvgIpc) is 2.76. The first-order chi connectivity index (χ1) is 15.1. The van der Waals surface area contributed by atoms with Crippen molar-refractivity contribution in [2.24, 2.45) is 0 Å². The number of benzene rings is 2. The summed E-state index contributed by atoms with van der Waals surface area (Å²) < 4.78 is 0. The predicted octanol–water partition coefficient (Wildman–Crippen LogP) is 8.65. The van der Waals surface area contributed by atoms with E-state index in [2.05, 4.69) is 19.1 Å². The number of allylic oxidation sites excluding steroid dienone is 2. The lowest BCUT2D eigenvalue weighted by atomic mass is 10.1. The van der Waals surface area contributed by atoms with E-state index < -0.39 is 5.97 Å². The fourth-order valence-corrected chi connectivity index (χ4v) is 3.52. The van der Waals surface area contributed by atoms with Crippen molar-refractivity contribution < 1.29 is 15.0 Å². The Morgan fingerprint density at radius 2 is 1.29 bits per heavy atom. The molecule has 3 heteroatoms. The average molecular weight is 427 g/mol. The van der Waals surface area contributed by atoms with E-state index in [1.165, 1.54) is 70.6 Å². The Hall–Kier alpha value is -2.29. The smallest absolute Gasteiger partial charge is 0.303 e. The molecule has 0 aliphatic carbocycles. The van der Waals surface area contributed by atoms with Gasteiger partial charge in [-0.1, -0.05) is 101 Å². The van der Waals surface area contributed by atoms with Crippen molar-refractivity contribution in [3.05, 3.63) is 54.6 Å². The number of unbranched alkanes of at least 4 members (excludes halogenated alkanes) is 11. The van der Waals surface area contributed by atoms with Gasteiger partial charge in [-0.05, 0) is 55.0 Å². The summed E-state index contributed by atoms with van der Waals surface area (Å²) >= 11 is 0. The van der Waals surface area contributed by atoms with Gasteiger partial charge in [0, 0.05) is 6.42 Å². The third kappa shape index (κ3) is 15.2. The van der Waals surface area contributed by atoms with Gasteiger partial charge in [-0.3, -0.25) is 4.79 Å². The largest absolute Gasteiger partial charge is 0.508 e. The molecule has 0 aliphatic rings. The molecule has 0 unspecified atom stereocenters. The summed E-state index contributed by atoms with van der Waals surface area (Å²) in [6, 6.07) is 13.3. The van der Waals surface area contributed by atoms with Crippen LogP contribution in [0, 0.1) is 0 Å². The molecule has 0 amide bonds. The van der Waals surface area contributed by atoms with Gasteiger partial charge in [-0.2, -0.15) is 0 Å². The van der Waals surface area contributed by atoms with E-state index >= 15 is 0 Å². The summed E-state index contributed by atoms with van der Waals surface area (Å²) in [4.78, 5) is 10.3. The fraction of sp³-hybridized carbons (Fsp3) is 0.536. The van der Waals surface area contributed by atoms with Gasteiger partial charge in [-0.25, -0.2) is 0 Å². The van der Waals surface area contributed by atoms with Crippen molar-refractivity contribution in [2.45, 2.75) is 96.8 Å². The lowest BCUT2D eigenvalue weighted by Crippen LogP contribution is -1.93. The molecule has 2 N–H and O–H groups in total. The maximum atomic E-state index is 10.3. The number of carboxylic acid groups (broad SMARTS) is 1. The molecule has 0 saturated heterocycles. The monoisotopic (exact) mass is 426 g/mol. The SMILES string of the molecule is CCCCCCCC/C=C\CCCCCCCC(=O)O.Oc1ccc2ccccc2c1. The summed E-state index contributed by atoms with van der Waals surface area (Å²) in [7, 11) is 0. The number of aliphatic carboxylic acids is 1. The number of aromatic hydroxyl groups is 1. The number of fused-ring (bicyclic) bond motifs is 1. The van der Waals surface area contributed by atoms with Crippen LogP contribution in [-0.4, -0.2) is 16.2 Å². The molecule has 0 spiro atoms. The van der Waals surface area contributed by atoms with Crippen LogP contribution in [0.1, 0.15) is 96.8 Å². The van der Waals surface area contributed by atoms with Crippen LogP contribution >= 0.6 is 0 Å². The second-order valence-corrected chi connectivity index (χ2v) is 8.26. The van der Waals surface area contributed by atoms with Crippen molar-refractivity contribution in [1.29, 1.82) is 0 Å². The zero-order valence-electron chi connectivity index (χ0n) is 19.4. The molecule has 2 aromatic carbocycles. The molecule has 0 fully saturated rings. The predicted molar refractivity (Wildman–Crippen MR) is 133 cm³/mol. The van der Waals surface area contributed by atoms with Gasteiger partial charge in [0.25, 0.3) is 0 Å². The van der Waals surface area contributed by atoms with Crippen LogP contribution in [0.5, 0.6) is 5.75 Å². The normalized spacial score (nSPS) is 10.9. The van der Waals surface area contributed by atoms with Crippen molar-refractivity contribution in [1.82, 2.24) is 0 Å². The first-order valence-corrected chi connectivity index (χ1v) is 12.2. The first kappa shape index (κ1) is 26.7. The molecule has 31 heavy (non-hydrogen) atoms. The molecule has 0 radical (unpaired) electrons. The van der Waals surface area contributed by atoms with E-state index in [1.807, 2.05) is 30.3 Å². The van der Waals surface area contributed by atoms with Crippen molar-refractivity contribution in [3.8, 4) is 5.75 Å². The molecule has 3 nitrogen and oxygen atoms in total. The molecule has 172 valence electrons. The summed E-state index contributed by atoms with van der Waals surface area (Å²) in [5.41, 5.74) is 0. The molecule has 0 heterocycles. The Morgan fingerprint density at radius 1 is 0.742 bits per heavy atom. The van der Waals surface area contributed by atoms with Gasteiger partial charge >= 0.3 is 5.97 Å². The number of rotatable bonds is 15. The summed E-state index contributed by atoms with van der Waals surface area (Å²) in [6.07, 6.45) is 21.2. The Balaban J connectivity index is 0.000000361. The van der Waals surface area contributed by atoms with E-state index in [-0.39, 0.29) is 0 Å². The molecule has 0 atom stereocenters. The molecular formula is C28H42O3. The Bertz CT molecular complexity index is 736. The standard InChI is InChI=1S/C18H34O2.C10H8O/c1-2-3-4-5-6-7-8-9-10-11-12-13-14-15-16-17-18(19)20;11-10-6-5-8-3-1-2-4-9(8)7-10/h9-10H,2-8,11-17H2,1H3,(H,19,20);1-7,11H/b10-9-;. The highest BCUT2D eigenvalue weighted by Gasteiger charge is 1.96. The van der Waals surface area contributed by atoms with E-state index in [4.69, 9.17) is 10.2 Å². The van der Waals surface area contributed by atoms with E-state index in [1.54, 1.807) is 12.1 Å². The molecule has 0 aliphatic heterocycles. The minimum atomic E-state index is -0.664. The Labute approximate surface area is 189 Å². The van der Waals surface area contributed by atoms with Gasteiger partial charge in [0.2, 0.25) is 0 Å². The van der Waals surface area contributed by atoms with Crippen molar-refractivity contribution in [2.75, 3.05) is 0 Å². The number of hydrogen-bond donors (Lipinski definition) is 2. The minimum Gasteiger partial charge on any atom is -0.508 e. The van der Waals surface area contributed by atoms with E-state index in [0.717, 1.165) is 23.6 Å². The third-order valence-corrected chi connectivity index (χ3v) is 5.39. The Morgan fingerprint density at radius 3 is 1.90 bits per heavy atom. The van der Waals surface area contributed by atoms with E-state index in [9.17, 15) is 4.79 Å². The molecule has 2 rings (SSSR count). The maximum absolute atomic E-state index is 10.3. The third-order valence-electron chi connectivity index (χ3n) is 5.39. The van der Waals surface area contributed by atoms with Crippen molar-refractivity contribution in [3.63, 3.8) is 0 Å².